The van der Waals surface area contributed by atoms with Crippen LogP contribution < -0.4 is 4.90 Å². The summed E-state index contributed by atoms with van der Waals surface area (Å²) in [5, 5.41) is 9.22. The Balaban J connectivity index is 2.36. The fraction of sp³-hybridized carbons (Fsp3) is 0.571. The maximum absolute atomic E-state index is 12.3. The van der Waals surface area contributed by atoms with Gasteiger partial charge < -0.3 is 10.0 Å². The largest absolute Gasteiger partial charge is 0.389 e. The van der Waals surface area contributed by atoms with E-state index in [2.05, 4.69) is 15.9 Å². The Morgan fingerprint density at radius 1 is 1.52 bits per heavy atom. The zero-order valence-electron chi connectivity index (χ0n) is 12.1. The number of aliphatic hydroxyl groups excluding tert-OH is 1. The Hall–Kier alpha value is -0.240. The number of thioether (sulfide) groups is 1. The zero-order valence-corrected chi connectivity index (χ0v) is 15.3. The number of nitrogens with zero attached hydrogens (tertiary/aromatic N) is 1. The molecule has 0 saturated carbocycles. The van der Waals surface area contributed by atoms with Gasteiger partial charge in [0.15, 0.2) is 9.84 Å². The standard InChI is InChI=1S/C14H20BrNO3S2/c1-3-21(18,19)14-9-20-7-6-16(14)11-4-5-12(10(2)17)13(15)8-11/h4-5,8,10,14,17H,3,6-7,9H2,1-2H3. The Morgan fingerprint density at radius 3 is 2.81 bits per heavy atom. The molecule has 118 valence electrons. The average Bonchev–Trinajstić information content (AvgIpc) is 2.46. The molecule has 0 bridgehead atoms. The molecule has 1 N–H and O–H groups in total. The molecule has 0 amide bonds. The Bertz CT molecular complexity index is 604. The second kappa shape index (κ2) is 6.89. The lowest BCUT2D eigenvalue weighted by molar-refractivity contribution is 0.198. The van der Waals surface area contributed by atoms with Crippen LogP contribution in [-0.4, -0.2) is 42.7 Å². The Kier molecular flexibility index (Phi) is 5.62. The van der Waals surface area contributed by atoms with Crippen molar-refractivity contribution >= 4 is 43.2 Å². The highest BCUT2D eigenvalue weighted by Crippen LogP contribution is 2.32. The first kappa shape index (κ1) is 17.1. The number of aliphatic hydroxyl groups is 1. The summed E-state index contributed by atoms with van der Waals surface area (Å²) in [7, 11) is -3.12. The van der Waals surface area contributed by atoms with Crippen LogP contribution >= 0.6 is 27.7 Å². The van der Waals surface area contributed by atoms with E-state index in [-0.39, 0.29) is 5.75 Å². The normalized spacial score (nSPS) is 21.3. The molecule has 0 radical (unpaired) electrons. The number of rotatable bonds is 4. The van der Waals surface area contributed by atoms with Crippen LogP contribution in [0.5, 0.6) is 0 Å². The number of anilines is 1. The van der Waals surface area contributed by atoms with Crippen molar-refractivity contribution in [3.8, 4) is 0 Å². The van der Waals surface area contributed by atoms with Gasteiger partial charge >= 0.3 is 0 Å². The fourth-order valence-electron chi connectivity index (χ4n) is 2.40. The van der Waals surface area contributed by atoms with Gasteiger partial charge in [-0.2, -0.15) is 11.8 Å². The molecule has 0 aromatic heterocycles. The van der Waals surface area contributed by atoms with Gasteiger partial charge in [0.1, 0.15) is 5.37 Å². The molecule has 1 aromatic carbocycles. The van der Waals surface area contributed by atoms with Crippen molar-refractivity contribution in [3.63, 3.8) is 0 Å². The Labute approximate surface area is 139 Å². The molecule has 2 atom stereocenters. The minimum atomic E-state index is -3.12. The molecule has 1 aliphatic rings. The molecule has 7 heteroatoms. The van der Waals surface area contributed by atoms with Crippen molar-refractivity contribution in [3.05, 3.63) is 28.2 Å². The molecule has 0 aliphatic carbocycles. The van der Waals surface area contributed by atoms with E-state index in [4.69, 9.17) is 0 Å². The van der Waals surface area contributed by atoms with Crippen LogP contribution in [0.25, 0.3) is 0 Å². The van der Waals surface area contributed by atoms with Crippen LogP contribution in [0.2, 0.25) is 0 Å². The van der Waals surface area contributed by atoms with Crippen molar-refractivity contribution < 1.29 is 13.5 Å². The smallest absolute Gasteiger partial charge is 0.171 e. The summed E-state index contributed by atoms with van der Waals surface area (Å²) < 4.78 is 25.4. The summed E-state index contributed by atoms with van der Waals surface area (Å²) in [6.07, 6.45) is -0.555. The lowest BCUT2D eigenvalue weighted by Gasteiger charge is -2.36. The number of benzene rings is 1. The summed E-state index contributed by atoms with van der Waals surface area (Å²) in [6, 6.07) is 5.64. The number of hydrogen-bond donors (Lipinski definition) is 1. The van der Waals surface area contributed by atoms with E-state index in [0.29, 0.717) is 5.75 Å². The molecule has 4 nitrogen and oxygen atoms in total. The summed E-state index contributed by atoms with van der Waals surface area (Å²) in [5.74, 6) is 1.68. The van der Waals surface area contributed by atoms with E-state index in [1.807, 2.05) is 23.1 Å². The van der Waals surface area contributed by atoms with E-state index in [0.717, 1.165) is 28.0 Å². The van der Waals surface area contributed by atoms with Crippen LogP contribution in [-0.2, 0) is 9.84 Å². The molecule has 21 heavy (non-hydrogen) atoms. The van der Waals surface area contributed by atoms with Crippen molar-refractivity contribution in [2.24, 2.45) is 0 Å². The zero-order chi connectivity index (χ0) is 15.6. The molecular weight excluding hydrogens is 374 g/mol. The summed E-state index contributed by atoms with van der Waals surface area (Å²) >= 11 is 5.14. The van der Waals surface area contributed by atoms with Gasteiger partial charge in [0.25, 0.3) is 0 Å². The molecule has 1 aromatic rings. The maximum Gasteiger partial charge on any atom is 0.171 e. The van der Waals surface area contributed by atoms with Gasteiger partial charge in [-0.25, -0.2) is 8.42 Å². The number of sulfone groups is 1. The lowest BCUT2D eigenvalue weighted by Crippen LogP contribution is -2.48. The topological polar surface area (TPSA) is 57.6 Å². The van der Waals surface area contributed by atoms with Crippen LogP contribution in [0.1, 0.15) is 25.5 Å². The summed E-state index contributed by atoms with van der Waals surface area (Å²) in [6.45, 7) is 4.12. The SMILES string of the molecule is CCS(=O)(=O)C1CSCCN1c1ccc(C(C)O)c(Br)c1. The van der Waals surface area contributed by atoms with Crippen molar-refractivity contribution in [2.75, 3.05) is 28.7 Å². The van der Waals surface area contributed by atoms with Crippen LogP contribution in [0.3, 0.4) is 0 Å². The summed E-state index contributed by atoms with van der Waals surface area (Å²) in [4.78, 5) is 1.96. The maximum atomic E-state index is 12.3. The first-order valence-electron chi connectivity index (χ1n) is 6.90. The highest BCUT2D eigenvalue weighted by Gasteiger charge is 2.33. The van der Waals surface area contributed by atoms with Gasteiger partial charge in [-0.1, -0.05) is 28.9 Å². The predicted octanol–water partition coefficient (Wildman–Crippen LogP) is 2.82. The van der Waals surface area contributed by atoms with Gasteiger partial charge in [-0.15, -0.1) is 0 Å². The highest BCUT2D eigenvalue weighted by atomic mass is 79.9. The van der Waals surface area contributed by atoms with Crippen LogP contribution in [0.15, 0.2) is 22.7 Å². The summed E-state index contributed by atoms with van der Waals surface area (Å²) in [5.41, 5.74) is 1.69. The highest BCUT2D eigenvalue weighted by molar-refractivity contribution is 9.10. The third kappa shape index (κ3) is 3.75. The van der Waals surface area contributed by atoms with E-state index in [9.17, 15) is 13.5 Å². The molecule has 1 aliphatic heterocycles. The fourth-order valence-corrected chi connectivity index (χ4v) is 6.09. The molecule has 0 spiro atoms. The van der Waals surface area contributed by atoms with Crippen LogP contribution in [0.4, 0.5) is 5.69 Å². The van der Waals surface area contributed by atoms with E-state index in [1.54, 1.807) is 25.6 Å². The number of halogens is 1. The van der Waals surface area contributed by atoms with Gasteiger partial charge in [0, 0.05) is 34.0 Å². The first-order valence-corrected chi connectivity index (χ1v) is 10.6. The lowest BCUT2D eigenvalue weighted by atomic mass is 10.1. The Morgan fingerprint density at radius 2 is 2.24 bits per heavy atom. The molecule has 1 saturated heterocycles. The quantitative estimate of drug-likeness (QED) is 0.851. The van der Waals surface area contributed by atoms with Gasteiger partial charge in [-0.05, 0) is 24.6 Å². The van der Waals surface area contributed by atoms with E-state index in [1.165, 1.54) is 0 Å². The molecular formula is C14H20BrNO3S2. The van der Waals surface area contributed by atoms with E-state index < -0.39 is 21.3 Å². The van der Waals surface area contributed by atoms with Crippen molar-refractivity contribution in [2.45, 2.75) is 25.3 Å². The van der Waals surface area contributed by atoms with Crippen LogP contribution in [0, 0.1) is 0 Å². The van der Waals surface area contributed by atoms with Gasteiger partial charge in [0.2, 0.25) is 0 Å². The first-order chi connectivity index (χ1) is 9.86. The van der Waals surface area contributed by atoms with Crippen molar-refractivity contribution in [1.82, 2.24) is 0 Å². The second-order valence-electron chi connectivity index (χ2n) is 5.06. The number of hydrogen-bond acceptors (Lipinski definition) is 5. The van der Waals surface area contributed by atoms with Crippen molar-refractivity contribution in [1.29, 1.82) is 0 Å². The molecule has 2 rings (SSSR count). The third-order valence-electron chi connectivity index (χ3n) is 3.67. The minimum Gasteiger partial charge on any atom is -0.389 e. The predicted molar refractivity (Wildman–Crippen MR) is 92.7 cm³/mol. The minimum absolute atomic E-state index is 0.154. The third-order valence-corrected chi connectivity index (χ3v) is 7.64. The van der Waals surface area contributed by atoms with Gasteiger partial charge in [-0.3, -0.25) is 0 Å². The second-order valence-corrected chi connectivity index (χ2v) is 9.51. The van der Waals surface area contributed by atoms with E-state index >= 15 is 0 Å². The van der Waals surface area contributed by atoms with Gasteiger partial charge in [0.05, 0.1) is 6.10 Å². The monoisotopic (exact) mass is 393 g/mol. The average molecular weight is 394 g/mol. The molecule has 1 fully saturated rings. The molecule has 2 unspecified atom stereocenters. The molecule has 1 heterocycles.